The minimum Gasteiger partial charge on any atom is -0.178 e. The van der Waals surface area contributed by atoms with E-state index in [1.54, 1.807) is 0 Å². The second kappa shape index (κ2) is 5.12. The van der Waals surface area contributed by atoms with E-state index in [1.165, 1.54) is 22.3 Å². The largest absolute Gasteiger partial charge is 0.178 e. The van der Waals surface area contributed by atoms with E-state index in [9.17, 15) is 0 Å². The molecule has 0 radical (unpaired) electrons. The zero-order chi connectivity index (χ0) is 10.6. The monoisotopic (exact) mass is 204 g/mol. The number of thiol groups is 1. The second-order valence-electron chi connectivity index (χ2n) is 3.55. The molecule has 0 unspecified atom stereocenters. The van der Waals surface area contributed by atoms with E-state index in [4.69, 9.17) is 0 Å². The highest BCUT2D eigenvalue weighted by atomic mass is 32.1. The third-order valence-electron chi connectivity index (χ3n) is 2.13. The van der Waals surface area contributed by atoms with Crippen LogP contribution in [0.1, 0.15) is 28.7 Å². The van der Waals surface area contributed by atoms with E-state index < -0.39 is 0 Å². The third kappa shape index (κ3) is 2.82. The molecule has 1 aromatic carbocycles. The number of benzene rings is 1. The van der Waals surface area contributed by atoms with Crippen LogP contribution in [0.3, 0.4) is 0 Å². The van der Waals surface area contributed by atoms with Crippen molar-refractivity contribution < 1.29 is 0 Å². The van der Waals surface area contributed by atoms with Crippen LogP contribution in [-0.2, 0) is 0 Å². The van der Waals surface area contributed by atoms with E-state index >= 15 is 0 Å². The van der Waals surface area contributed by atoms with E-state index in [1.807, 2.05) is 0 Å². The molecule has 0 fully saturated rings. The summed E-state index contributed by atoms with van der Waals surface area (Å²) in [7, 11) is 0. The van der Waals surface area contributed by atoms with Gasteiger partial charge in [0.1, 0.15) is 0 Å². The van der Waals surface area contributed by atoms with E-state index in [0.717, 1.165) is 12.2 Å². The van der Waals surface area contributed by atoms with Gasteiger partial charge in [-0.15, -0.1) is 0 Å². The highest BCUT2D eigenvalue weighted by molar-refractivity contribution is 7.80. The summed E-state index contributed by atoms with van der Waals surface area (Å²) in [5.41, 5.74) is 5.03. The summed E-state index contributed by atoms with van der Waals surface area (Å²) in [6.07, 6.45) is 0.857. The highest BCUT2D eigenvalue weighted by Crippen LogP contribution is 2.14. The van der Waals surface area contributed by atoms with Crippen molar-refractivity contribution in [3.63, 3.8) is 0 Å². The molecule has 0 aliphatic heterocycles. The normalized spacial score (nSPS) is 9.43. The molecule has 0 N–H and O–H groups in total. The fraction of sp³-hybridized carbons (Fsp3) is 0.385. The number of rotatable bonds is 1. The maximum atomic E-state index is 4.13. The summed E-state index contributed by atoms with van der Waals surface area (Å²) in [6, 6.07) is 4.36. The molecular formula is C13H16S. The second-order valence-corrected chi connectivity index (χ2v) is 4.00. The Labute approximate surface area is 92.1 Å². The molecule has 0 heterocycles. The first-order valence-corrected chi connectivity index (χ1v) is 5.46. The zero-order valence-electron chi connectivity index (χ0n) is 9.02. The Morgan fingerprint density at radius 2 is 1.71 bits per heavy atom. The molecular weight excluding hydrogens is 188 g/mol. The molecule has 0 saturated heterocycles. The van der Waals surface area contributed by atoms with Crippen LogP contribution in [0.2, 0.25) is 0 Å². The fourth-order valence-electron chi connectivity index (χ4n) is 1.58. The Balaban J connectivity index is 3.04. The molecule has 1 aromatic rings. The lowest BCUT2D eigenvalue weighted by atomic mass is 10.0. The average molecular weight is 204 g/mol. The van der Waals surface area contributed by atoms with Crippen molar-refractivity contribution >= 4 is 12.6 Å². The molecule has 74 valence electrons. The van der Waals surface area contributed by atoms with Crippen molar-refractivity contribution in [2.24, 2.45) is 0 Å². The topological polar surface area (TPSA) is 0 Å². The summed E-state index contributed by atoms with van der Waals surface area (Å²) in [6.45, 7) is 6.35. The van der Waals surface area contributed by atoms with Gasteiger partial charge in [-0.05, 0) is 31.9 Å². The van der Waals surface area contributed by atoms with Crippen LogP contribution in [0.5, 0.6) is 0 Å². The first-order valence-electron chi connectivity index (χ1n) is 4.82. The molecule has 0 aliphatic carbocycles. The van der Waals surface area contributed by atoms with Gasteiger partial charge in [-0.25, -0.2) is 0 Å². The summed E-state index contributed by atoms with van der Waals surface area (Å²) >= 11 is 4.13. The van der Waals surface area contributed by atoms with Gasteiger partial charge in [0, 0.05) is 17.7 Å². The number of aryl methyl sites for hydroxylation is 3. The van der Waals surface area contributed by atoms with Crippen molar-refractivity contribution in [2.75, 3.05) is 5.75 Å². The maximum Gasteiger partial charge on any atom is 0.0303 e. The fourth-order valence-corrected chi connectivity index (χ4v) is 1.70. The summed E-state index contributed by atoms with van der Waals surface area (Å²) in [5.74, 6) is 7.17. The molecule has 0 spiro atoms. The van der Waals surface area contributed by atoms with Crippen LogP contribution >= 0.6 is 12.6 Å². The Bertz CT molecular complexity index is 357. The van der Waals surface area contributed by atoms with Gasteiger partial charge in [0.15, 0.2) is 0 Å². The first-order chi connectivity index (χ1) is 6.65. The quantitative estimate of drug-likeness (QED) is 0.527. The predicted molar refractivity (Wildman–Crippen MR) is 66.0 cm³/mol. The average Bonchev–Trinajstić information content (AvgIpc) is 2.09. The number of hydrogen-bond acceptors (Lipinski definition) is 1. The molecule has 0 atom stereocenters. The molecule has 0 aromatic heterocycles. The van der Waals surface area contributed by atoms with E-state index in [-0.39, 0.29) is 0 Å². The van der Waals surface area contributed by atoms with Crippen LogP contribution < -0.4 is 0 Å². The molecule has 0 saturated carbocycles. The van der Waals surface area contributed by atoms with Gasteiger partial charge in [0.05, 0.1) is 0 Å². The van der Waals surface area contributed by atoms with Gasteiger partial charge < -0.3 is 0 Å². The van der Waals surface area contributed by atoms with Gasteiger partial charge in [0.2, 0.25) is 0 Å². The smallest absolute Gasteiger partial charge is 0.0303 e. The standard InChI is InChI=1S/C13H16S/c1-10-8-11(2)13(12(3)9-10)6-4-5-7-14/h8-9,14H,5,7H2,1-3H3. The lowest BCUT2D eigenvalue weighted by Crippen LogP contribution is -1.89. The zero-order valence-corrected chi connectivity index (χ0v) is 9.91. The Morgan fingerprint density at radius 1 is 1.14 bits per heavy atom. The van der Waals surface area contributed by atoms with Crippen molar-refractivity contribution in [3.8, 4) is 11.8 Å². The van der Waals surface area contributed by atoms with Gasteiger partial charge in [-0.3, -0.25) is 0 Å². The van der Waals surface area contributed by atoms with E-state index in [2.05, 4.69) is 57.4 Å². The van der Waals surface area contributed by atoms with Crippen LogP contribution in [-0.4, -0.2) is 5.75 Å². The molecule has 14 heavy (non-hydrogen) atoms. The lowest BCUT2D eigenvalue weighted by Gasteiger charge is -2.04. The lowest BCUT2D eigenvalue weighted by molar-refractivity contribution is 1.28. The van der Waals surface area contributed by atoms with Gasteiger partial charge in [-0.1, -0.05) is 29.5 Å². The number of hydrogen-bond donors (Lipinski definition) is 1. The molecule has 0 nitrogen and oxygen atoms in total. The predicted octanol–water partition coefficient (Wildman–Crippen LogP) is 3.28. The van der Waals surface area contributed by atoms with Crippen molar-refractivity contribution in [1.82, 2.24) is 0 Å². The van der Waals surface area contributed by atoms with E-state index in [0.29, 0.717) is 0 Å². The van der Waals surface area contributed by atoms with Gasteiger partial charge in [-0.2, -0.15) is 12.6 Å². The summed E-state index contributed by atoms with van der Waals surface area (Å²) in [5, 5.41) is 0. The Kier molecular flexibility index (Phi) is 4.10. The molecule has 1 rings (SSSR count). The van der Waals surface area contributed by atoms with Crippen molar-refractivity contribution in [3.05, 3.63) is 34.4 Å². The summed E-state index contributed by atoms with van der Waals surface area (Å²) in [4.78, 5) is 0. The van der Waals surface area contributed by atoms with Crippen LogP contribution in [0.4, 0.5) is 0 Å². The first kappa shape index (κ1) is 11.2. The maximum absolute atomic E-state index is 4.13. The molecule has 1 heteroatoms. The molecule has 0 amide bonds. The van der Waals surface area contributed by atoms with Crippen molar-refractivity contribution in [2.45, 2.75) is 27.2 Å². The van der Waals surface area contributed by atoms with Crippen molar-refractivity contribution in [1.29, 1.82) is 0 Å². The minimum absolute atomic E-state index is 0.830. The molecule has 0 bridgehead atoms. The van der Waals surface area contributed by atoms with Gasteiger partial charge in [0.25, 0.3) is 0 Å². The van der Waals surface area contributed by atoms with Crippen LogP contribution in [0.15, 0.2) is 12.1 Å². The SMILES string of the molecule is Cc1cc(C)c(C#CCCS)c(C)c1. The summed E-state index contributed by atoms with van der Waals surface area (Å²) < 4.78 is 0. The van der Waals surface area contributed by atoms with Gasteiger partial charge >= 0.3 is 0 Å². The third-order valence-corrected chi connectivity index (χ3v) is 2.35. The Hall–Kier alpha value is -0.870. The Morgan fingerprint density at radius 3 is 2.21 bits per heavy atom. The highest BCUT2D eigenvalue weighted by Gasteiger charge is 1.99. The van der Waals surface area contributed by atoms with Crippen LogP contribution in [0, 0.1) is 32.6 Å². The van der Waals surface area contributed by atoms with Crippen LogP contribution in [0.25, 0.3) is 0 Å². The molecule has 0 aliphatic rings. The minimum atomic E-state index is 0.830.